The number of nitrogens with zero attached hydrogens (tertiary/aromatic N) is 3. The predicted molar refractivity (Wildman–Crippen MR) is 67.8 cm³/mol. The summed E-state index contributed by atoms with van der Waals surface area (Å²) in [7, 11) is 0. The fourth-order valence-electron chi connectivity index (χ4n) is 2.13. The molecule has 3 rings (SSSR count). The van der Waals surface area contributed by atoms with Crippen LogP contribution >= 0.6 is 0 Å². The maximum atomic E-state index is 4.49. The molecule has 4 heteroatoms. The molecular formula is C13H16N4. The van der Waals surface area contributed by atoms with Gasteiger partial charge in [0.05, 0.1) is 5.52 Å². The smallest absolute Gasteiger partial charge is 0.243 e. The van der Waals surface area contributed by atoms with E-state index in [9.17, 15) is 0 Å². The highest BCUT2D eigenvalue weighted by Crippen LogP contribution is 2.40. The molecule has 1 aliphatic rings. The van der Waals surface area contributed by atoms with Crippen molar-refractivity contribution in [2.24, 2.45) is 5.92 Å². The van der Waals surface area contributed by atoms with Gasteiger partial charge in [0.25, 0.3) is 0 Å². The number of fused-ring (bicyclic) bond motifs is 1. The van der Waals surface area contributed by atoms with E-state index >= 15 is 0 Å². The van der Waals surface area contributed by atoms with Crippen molar-refractivity contribution in [2.45, 2.75) is 32.2 Å². The first kappa shape index (κ1) is 10.4. The number of para-hydroxylation sites is 1. The van der Waals surface area contributed by atoms with Gasteiger partial charge in [-0.2, -0.15) is 0 Å². The molecule has 1 N–H and O–H groups in total. The number of hydrogen-bond donors (Lipinski definition) is 1. The number of nitrogens with one attached hydrogen (secondary N) is 1. The Bertz CT molecular complexity index is 546. The summed E-state index contributed by atoms with van der Waals surface area (Å²) in [4.78, 5) is 4.49. The lowest BCUT2D eigenvalue weighted by Gasteiger charge is -2.25. The molecule has 1 heterocycles. The van der Waals surface area contributed by atoms with Crippen LogP contribution in [0.1, 0.15) is 26.7 Å². The van der Waals surface area contributed by atoms with E-state index in [0.29, 0.717) is 5.95 Å². The van der Waals surface area contributed by atoms with Crippen LogP contribution in [0, 0.1) is 5.92 Å². The molecule has 1 fully saturated rings. The predicted octanol–water partition coefficient (Wildman–Crippen LogP) is 2.63. The lowest BCUT2D eigenvalue weighted by molar-refractivity contribution is 0.489. The first-order chi connectivity index (χ1) is 8.15. The fourth-order valence-corrected chi connectivity index (χ4v) is 2.13. The minimum absolute atomic E-state index is 0.0597. The zero-order chi connectivity index (χ0) is 11.9. The van der Waals surface area contributed by atoms with Gasteiger partial charge < -0.3 is 5.32 Å². The number of aromatic nitrogens is 3. The van der Waals surface area contributed by atoms with E-state index in [1.165, 1.54) is 12.8 Å². The van der Waals surface area contributed by atoms with E-state index in [1.807, 2.05) is 24.3 Å². The number of anilines is 1. The maximum absolute atomic E-state index is 4.49. The standard InChI is InChI=1S/C13H16N4/c1-13(2,9-7-8-9)15-12-14-10-5-3-4-6-11(10)16-17-12/h3-6,9H,7-8H2,1-2H3,(H,14,15,17). The second-order valence-corrected chi connectivity index (χ2v) is 5.25. The molecule has 1 aromatic carbocycles. The molecule has 0 aliphatic heterocycles. The van der Waals surface area contributed by atoms with E-state index in [-0.39, 0.29) is 5.54 Å². The van der Waals surface area contributed by atoms with Gasteiger partial charge >= 0.3 is 0 Å². The average Bonchev–Trinajstić information content (AvgIpc) is 3.12. The Labute approximate surface area is 100 Å². The SMILES string of the molecule is CC(C)(Nc1nnc2ccccc2n1)C1CC1. The quantitative estimate of drug-likeness (QED) is 0.877. The van der Waals surface area contributed by atoms with Crippen LogP contribution in [0.5, 0.6) is 0 Å². The molecule has 0 spiro atoms. The molecule has 0 saturated heterocycles. The average molecular weight is 228 g/mol. The normalized spacial score (nSPS) is 16.1. The molecule has 2 aromatic rings. The van der Waals surface area contributed by atoms with Crippen LogP contribution < -0.4 is 5.32 Å². The van der Waals surface area contributed by atoms with Gasteiger partial charge in [0.15, 0.2) is 0 Å². The Morgan fingerprint density at radius 1 is 1.12 bits per heavy atom. The van der Waals surface area contributed by atoms with Crippen molar-refractivity contribution in [3.05, 3.63) is 24.3 Å². The maximum Gasteiger partial charge on any atom is 0.243 e. The van der Waals surface area contributed by atoms with Gasteiger partial charge in [0.1, 0.15) is 5.52 Å². The largest absolute Gasteiger partial charge is 0.348 e. The summed E-state index contributed by atoms with van der Waals surface area (Å²) in [5.74, 6) is 1.36. The van der Waals surface area contributed by atoms with Crippen LogP contribution in [0.25, 0.3) is 11.0 Å². The summed E-state index contributed by atoms with van der Waals surface area (Å²) < 4.78 is 0. The van der Waals surface area contributed by atoms with Crippen molar-refractivity contribution in [3.63, 3.8) is 0 Å². The van der Waals surface area contributed by atoms with Crippen molar-refractivity contribution in [1.29, 1.82) is 0 Å². The van der Waals surface area contributed by atoms with E-state index < -0.39 is 0 Å². The Morgan fingerprint density at radius 2 is 1.82 bits per heavy atom. The molecule has 1 aromatic heterocycles. The van der Waals surface area contributed by atoms with Gasteiger partial charge in [-0.1, -0.05) is 12.1 Å². The van der Waals surface area contributed by atoms with Gasteiger partial charge in [-0.3, -0.25) is 0 Å². The van der Waals surface area contributed by atoms with Crippen LogP contribution in [0.2, 0.25) is 0 Å². The van der Waals surface area contributed by atoms with Crippen LogP contribution in [-0.2, 0) is 0 Å². The Hall–Kier alpha value is -1.71. The van der Waals surface area contributed by atoms with Gasteiger partial charge in [-0.05, 0) is 44.7 Å². The lowest BCUT2D eigenvalue weighted by Crippen LogP contribution is -2.34. The first-order valence-electron chi connectivity index (χ1n) is 6.03. The molecule has 0 unspecified atom stereocenters. The zero-order valence-electron chi connectivity index (χ0n) is 10.1. The second-order valence-electron chi connectivity index (χ2n) is 5.25. The van der Waals surface area contributed by atoms with Gasteiger partial charge in [0, 0.05) is 5.54 Å². The topological polar surface area (TPSA) is 50.7 Å². The number of benzene rings is 1. The third-order valence-corrected chi connectivity index (χ3v) is 3.39. The molecule has 1 saturated carbocycles. The molecule has 88 valence electrons. The zero-order valence-corrected chi connectivity index (χ0v) is 10.1. The fraction of sp³-hybridized carbons (Fsp3) is 0.462. The van der Waals surface area contributed by atoms with Crippen LogP contribution in [0.3, 0.4) is 0 Å². The highest BCUT2D eigenvalue weighted by atomic mass is 15.3. The number of hydrogen-bond acceptors (Lipinski definition) is 4. The molecule has 17 heavy (non-hydrogen) atoms. The molecule has 1 aliphatic carbocycles. The lowest BCUT2D eigenvalue weighted by atomic mass is 9.99. The highest BCUT2D eigenvalue weighted by Gasteiger charge is 2.38. The van der Waals surface area contributed by atoms with Crippen LogP contribution in [-0.4, -0.2) is 20.7 Å². The summed E-state index contributed by atoms with van der Waals surface area (Å²) in [5, 5.41) is 11.7. The van der Waals surface area contributed by atoms with Gasteiger partial charge in [-0.15, -0.1) is 10.2 Å². The van der Waals surface area contributed by atoms with Gasteiger partial charge in [-0.25, -0.2) is 4.98 Å². The first-order valence-corrected chi connectivity index (χ1v) is 6.03. The van der Waals surface area contributed by atoms with Crippen molar-refractivity contribution >= 4 is 17.0 Å². The summed E-state index contributed by atoms with van der Waals surface area (Å²) >= 11 is 0. The molecule has 4 nitrogen and oxygen atoms in total. The van der Waals surface area contributed by atoms with Crippen molar-refractivity contribution in [2.75, 3.05) is 5.32 Å². The van der Waals surface area contributed by atoms with Crippen molar-refractivity contribution in [3.8, 4) is 0 Å². The molecule has 0 radical (unpaired) electrons. The monoisotopic (exact) mass is 228 g/mol. The van der Waals surface area contributed by atoms with Gasteiger partial charge in [0.2, 0.25) is 5.95 Å². The van der Waals surface area contributed by atoms with E-state index in [0.717, 1.165) is 17.0 Å². The minimum atomic E-state index is 0.0597. The Balaban J connectivity index is 1.90. The molecule has 0 atom stereocenters. The summed E-state index contributed by atoms with van der Waals surface area (Å²) in [6, 6.07) is 7.79. The molecule has 0 amide bonds. The third-order valence-electron chi connectivity index (χ3n) is 3.39. The van der Waals surface area contributed by atoms with Crippen LogP contribution in [0.15, 0.2) is 24.3 Å². The highest BCUT2D eigenvalue weighted by molar-refractivity contribution is 5.74. The van der Waals surface area contributed by atoms with Crippen LogP contribution in [0.4, 0.5) is 5.95 Å². The second kappa shape index (κ2) is 3.65. The Kier molecular flexibility index (Phi) is 2.24. The third kappa shape index (κ3) is 2.07. The summed E-state index contributed by atoms with van der Waals surface area (Å²) in [6.07, 6.45) is 2.59. The van der Waals surface area contributed by atoms with Crippen molar-refractivity contribution in [1.82, 2.24) is 15.2 Å². The summed E-state index contributed by atoms with van der Waals surface area (Å²) in [5.41, 5.74) is 1.78. The van der Waals surface area contributed by atoms with E-state index in [1.54, 1.807) is 0 Å². The Morgan fingerprint density at radius 3 is 2.53 bits per heavy atom. The van der Waals surface area contributed by atoms with Crippen molar-refractivity contribution < 1.29 is 0 Å². The van der Waals surface area contributed by atoms with E-state index in [2.05, 4.69) is 34.3 Å². The minimum Gasteiger partial charge on any atom is -0.348 e. The van der Waals surface area contributed by atoms with E-state index in [4.69, 9.17) is 0 Å². The number of rotatable bonds is 3. The molecule has 0 bridgehead atoms. The molecular weight excluding hydrogens is 212 g/mol. The summed E-state index contributed by atoms with van der Waals surface area (Å²) in [6.45, 7) is 4.40.